The minimum Gasteiger partial charge on any atom is -0.481 e. The number of carbonyl (C=O) groups is 1. The summed E-state index contributed by atoms with van der Waals surface area (Å²) in [6.07, 6.45) is 1.19. The second-order valence-corrected chi connectivity index (χ2v) is 6.63. The lowest BCUT2D eigenvalue weighted by Gasteiger charge is -2.29. The van der Waals surface area contributed by atoms with E-state index in [1.165, 1.54) is 4.31 Å². The van der Waals surface area contributed by atoms with Gasteiger partial charge in [-0.1, -0.05) is 13.8 Å². The smallest absolute Gasteiger partial charge is 0.305 e. The first-order valence-corrected chi connectivity index (χ1v) is 7.59. The predicted octanol–water partition coefficient (Wildman–Crippen LogP) is 1.20. The average molecular weight is 280 g/mol. The SMILES string of the molecule is CCCN(CCC)S(=O)(=O)NC(C)(C)CC(=O)O. The van der Waals surface area contributed by atoms with Crippen molar-refractivity contribution in [2.24, 2.45) is 0 Å². The molecule has 0 aromatic heterocycles. The van der Waals surface area contributed by atoms with Gasteiger partial charge in [-0.05, 0) is 26.7 Å². The van der Waals surface area contributed by atoms with Crippen molar-refractivity contribution >= 4 is 16.2 Å². The van der Waals surface area contributed by atoms with Crippen LogP contribution in [0.2, 0.25) is 0 Å². The molecule has 0 saturated heterocycles. The van der Waals surface area contributed by atoms with E-state index in [1.54, 1.807) is 13.8 Å². The maximum atomic E-state index is 12.1. The molecule has 0 unspecified atom stereocenters. The molecule has 0 atom stereocenters. The van der Waals surface area contributed by atoms with Gasteiger partial charge in [-0.25, -0.2) is 0 Å². The Morgan fingerprint density at radius 2 is 1.67 bits per heavy atom. The topological polar surface area (TPSA) is 86.7 Å². The van der Waals surface area contributed by atoms with E-state index in [4.69, 9.17) is 5.11 Å². The summed E-state index contributed by atoms with van der Waals surface area (Å²) in [7, 11) is -3.63. The molecule has 7 heteroatoms. The summed E-state index contributed by atoms with van der Waals surface area (Å²) in [5, 5.41) is 8.74. The van der Waals surface area contributed by atoms with E-state index in [1.807, 2.05) is 13.8 Å². The van der Waals surface area contributed by atoms with Crippen LogP contribution in [-0.4, -0.2) is 42.4 Å². The van der Waals surface area contributed by atoms with Gasteiger partial charge in [0.2, 0.25) is 0 Å². The van der Waals surface area contributed by atoms with E-state index in [0.29, 0.717) is 13.1 Å². The van der Waals surface area contributed by atoms with Crippen LogP contribution in [0.3, 0.4) is 0 Å². The van der Waals surface area contributed by atoms with E-state index >= 15 is 0 Å². The Balaban J connectivity index is 4.84. The molecule has 0 radical (unpaired) electrons. The van der Waals surface area contributed by atoms with Crippen LogP contribution in [0.4, 0.5) is 0 Å². The molecule has 18 heavy (non-hydrogen) atoms. The van der Waals surface area contributed by atoms with Crippen LogP contribution in [0.5, 0.6) is 0 Å². The Bertz CT molecular complexity index is 359. The maximum Gasteiger partial charge on any atom is 0.305 e. The molecule has 6 nitrogen and oxygen atoms in total. The predicted molar refractivity (Wildman–Crippen MR) is 70.5 cm³/mol. The van der Waals surface area contributed by atoms with Crippen molar-refractivity contribution < 1.29 is 18.3 Å². The standard InChI is InChI=1S/C11H24N2O4S/c1-5-7-13(8-6-2)18(16,17)12-11(3,4)9-10(14)15/h12H,5-9H2,1-4H3,(H,14,15). The van der Waals surface area contributed by atoms with Gasteiger partial charge in [-0.15, -0.1) is 0 Å². The fourth-order valence-corrected chi connectivity index (χ4v) is 3.42. The van der Waals surface area contributed by atoms with Gasteiger partial charge in [0.25, 0.3) is 10.2 Å². The quantitative estimate of drug-likeness (QED) is 0.664. The third kappa shape index (κ3) is 6.32. The summed E-state index contributed by atoms with van der Waals surface area (Å²) in [5.41, 5.74) is -0.996. The van der Waals surface area contributed by atoms with Gasteiger partial charge in [-0.3, -0.25) is 4.79 Å². The van der Waals surface area contributed by atoms with E-state index in [9.17, 15) is 13.2 Å². The van der Waals surface area contributed by atoms with E-state index < -0.39 is 21.7 Å². The molecule has 0 heterocycles. The highest BCUT2D eigenvalue weighted by Gasteiger charge is 2.30. The minimum atomic E-state index is -3.63. The van der Waals surface area contributed by atoms with Crippen LogP contribution < -0.4 is 4.72 Å². The fraction of sp³-hybridized carbons (Fsp3) is 0.909. The highest BCUT2D eigenvalue weighted by molar-refractivity contribution is 7.87. The van der Waals surface area contributed by atoms with Gasteiger partial charge >= 0.3 is 5.97 Å². The van der Waals surface area contributed by atoms with Crippen LogP contribution in [0.15, 0.2) is 0 Å². The molecule has 0 aliphatic heterocycles. The Kier molecular flexibility index (Phi) is 6.80. The van der Waals surface area contributed by atoms with E-state index in [0.717, 1.165) is 12.8 Å². The summed E-state index contributed by atoms with van der Waals surface area (Å²) in [4.78, 5) is 10.7. The Morgan fingerprint density at radius 1 is 1.22 bits per heavy atom. The zero-order valence-electron chi connectivity index (χ0n) is 11.6. The fourth-order valence-electron chi connectivity index (χ4n) is 1.68. The van der Waals surface area contributed by atoms with Crippen molar-refractivity contribution in [1.29, 1.82) is 0 Å². The van der Waals surface area contributed by atoms with Crippen LogP contribution in [0.25, 0.3) is 0 Å². The van der Waals surface area contributed by atoms with Crippen molar-refractivity contribution in [3.63, 3.8) is 0 Å². The molecule has 0 spiro atoms. The van der Waals surface area contributed by atoms with Crippen LogP contribution in [-0.2, 0) is 15.0 Å². The number of hydrogen-bond acceptors (Lipinski definition) is 3. The second-order valence-electron chi connectivity index (χ2n) is 4.96. The number of nitrogens with zero attached hydrogens (tertiary/aromatic N) is 1. The molecule has 0 bridgehead atoms. The number of rotatable bonds is 9. The van der Waals surface area contributed by atoms with Crippen molar-refractivity contribution in [2.75, 3.05) is 13.1 Å². The summed E-state index contributed by atoms with van der Waals surface area (Å²) in [5.74, 6) is -1.03. The van der Waals surface area contributed by atoms with Gasteiger partial charge in [0.15, 0.2) is 0 Å². The zero-order valence-corrected chi connectivity index (χ0v) is 12.4. The largest absolute Gasteiger partial charge is 0.481 e. The minimum absolute atomic E-state index is 0.252. The molecule has 108 valence electrons. The van der Waals surface area contributed by atoms with Crippen LogP contribution in [0.1, 0.15) is 47.0 Å². The molecule has 0 fully saturated rings. The van der Waals surface area contributed by atoms with Gasteiger partial charge in [0.1, 0.15) is 0 Å². The van der Waals surface area contributed by atoms with Gasteiger partial charge in [0.05, 0.1) is 6.42 Å². The number of carboxylic acid groups (broad SMARTS) is 1. The van der Waals surface area contributed by atoms with Gasteiger partial charge < -0.3 is 5.11 Å². The highest BCUT2D eigenvalue weighted by atomic mass is 32.2. The van der Waals surface area contributed by atoms with Gasteiger partial charge in [-0.2, -0.15) is 17.4 Å². The molecule has 0 aliphatic carbocycles. The highest BCUT2D eigenvalue weighted by Crippen LogP contribution is 2.12. The molecular formula is C11H24N2O4S. The first kappa shape index (κ1) is 17.3. The Hall–Kier alpha value is -0.660. The molecule has 0 saturated carbocycles. The van der Waals surface area contributed by atoms with Crippen molar-refractivity contribution in [1.82, 2.24) is 9.03 Å². The summed E-state index contributed by atoms with van der Waals surface area (Å²) in [6.45, 7) is 7.81. The summed E-state index contributed by atoms with van der Waals surface area (Å²) in [6, 6.07) is 0. The molecule has 0 aromatic carbocycles. The zero-order chi connectivity index (χ0) is 14.4. The molecule has 0 aromatic rings. The van der Waals surface area contributed by atoms with Crippen molar-refractivity contribution in [2.45, 2.75) is 52.5 Å². The number of aliphatic carboxylic acids is 1. The number of nitrogens with one attached hydrogen (secondary N) is 1. The third-order valence-electron chi connectivity index (χ3n) is 2.28. The Labute approximate surface area is 110 Å². The molecule has 0 amide bonds. The van der Waals surface area contributed by atoms with E-state index in [-0.39, 0.29) is 6.42 Å². The van der Waals surface area contributed by atoms with Crippen LogP contribution in [0, 0.1) is 0 Å². The van der Waals surface area contributed by atoms with Crippen molar-refractivity contribution in [3.8, 4) is 0 Å². The lowest BCUT2D eigenvalue weighted by molar-refractivity contribution is -0.138. The third-order valence-corrected chi connectivity index (χ3v) is 4.14. The molecule has 0 aliphatic rings. The molecule has 2 N–H and O–H groups in total. The molecule has 0 rings (SSSR count). The number of carboxylic acids is 1. The Morgan fingerprint density at radius 3 is 2.00 bits per heavy atom. The van der Waals surface area contributed by atoms with Gasteiger partial charge in [0, 0.05) is 18.6 Å². The average Bonchev–Trinajstić information content (AvgIpc) is 2.13. The lowest BCUT2D eigenvalue weighted by Crippen LogP contribution is -2.51. The second kappa shape index (κ2) is 7.06. The summed E-state index contributed by atoms with van der Waals surface area (Å²) >= 11 is 0. The van der Waals surface area contributed by atoms with E-state index in [2.05, 4.69) is 4.72 Å². The first-order valence-electron chi connectivity index (χ1n) is 6.15. The summed E-state index contributed by atoms with van der Waals surface area (Å²) < 4.78 is 28.1. The lowest BCUT2D eigenvalue weighted by atomic mass is 10.0. The number of hydrogen-bond donors (Lipinski definition) is 2. The van der Waals surface area contributed by atoms with Crippen LogP contribution >= 0.6 is 0 Å². The molecular weight excluding hydrogens is 256 g/mol. The normalized spacial score (nSPS) is 12.9. The maximum absolute atomic E-state index is 12.1. The van der Waals surface area contributed by atoms with Crippen molar-refractivity contribution in [3.05, 3.63) is 0 Å². The first-order chi connectivity index (χ1) is 8.14. The monoisotopic (exact) mass is 280 g/mol.